The Morgan fingerprint density at radius 1 is 1.27 bits per heavy atom. The third-order valence-electron chi connectivity index (χ3n) is 7.59. The number of aromatic amines is 1. The Morgan fingerprint density at radius 3 is 2.73 bits per heavy atom. The highest BCUT2D eigenvalue weighted by Gasteiger charge is 2.46. The van der Waals surface area contributed by atoms with Crippen LogP contribution in [0.5, 0.6) is 0 Å². The molecule has 0 bridgehead atoms. The molecule has 196 valence electrons. The average molecular weight is 521 g/mol. The summed E-state index contributed by atoms with van der Waals surface area (Å²) in [5, 5.41) is 9.96. The second kappa shape index (κ2) is 8.52. The van der Waals surface area contributed by atoms with E-state index in [1.807, 2.05) is 6.92 Å². The summed E-state index contributed by atoms with van der Waals surface area (Å²) in [7, 11) is 0. The van der Waals surface area contributed by atoms with Crippen LogP contribution in [-0.4, -0.2) is 43.7 Å². The molecular formula is C24H24F5N7O. The molecule has 2 N–H and O–H groups in total. The molecule has 1 amide bonds. The van der Waals surface area contributed by atoms with Gasteiger partial charge in [0.2, 0.25) is 0 Å². The third-order valence-corrected chi connectivity index (χ3v) is 7.59. The van der Waals surface area contributed by atoms with Gasteiger partial charge in [-0.25, -0.2) is 18.7 Å². The monoisotopic (exact) mass is 521 g/mol. The van der Waals surface area contributed by atoms with Crippen LogP contribution in [0.1, 0.15) is 69.6 Å². The highest BCUT2D eigenvalue weighted by Crippen LogP contribution is 2.47. The van der Waals surface area contributed by atoms with Crippen LogP contribution in [-0.2, 0) is 19.1 Å². The molecule has 3 aromatic heterocycles. The number of pyridine rings is 1. The van der Waals surface area contributed by atoms with Gasteiger partial charge < -0.3 is 14.8 Å². The van der Waals surface area contributed by atoms with Crippen LogP contribution in [0, 0.1) is 18.8 Å². The number of piperidine rings is 1. The topological polar surface area (TPSA) is 91.7 Å². The standard InChI is InChI=1S/C24H24F5N7O/c1-11-14-2-3-17(20(14)34-33-11)31-23(37)18-9-35(10-30-18)8-15-16(24(27,28)29)5-19(32-21(15)22(25)26)36-6-12-4-13(12)7-36/h5,9-10,12-13,17,22H,2-4,6-8H2,1H3,(H,31,37)(H,33,34)/t12?,13?,17-/m1/s1. The van der Waals surface area contributed by atoms with Crippen molar-refractivity contribution in [2.75, 3.05) is 18.0 Å². The molecule has 2 unspecified atom stereocenters. The molecule has 0 aromatic carbocycles. The summed E-state index contributed by atoms with van der Waals surface area (Å²) in [6.45, 7) is 2.39. The van der Waals surface area contributed by atoms with Crippen molar-refractivity contribution in [1.82, 2.24) is 30.0 Å². The molecule has 3 aromatic rings. The van der Waals surface area contributed by atoms with E-state index in [1.165, 1.54) is 10.8 Å². The number of nitrogens with zero attached hydrogens (tertiary/aromatic N) is 5. The third kappa shape index (κ3) is 4.33. The van der Waals surface area contributed by atoms with Gasteiger partial charge in [0.15, 0.2) is 0 Å². The molecule has 13 heteroatoms. The summed E-state index contributed by atoms with van der Waals surface area (Å²) in [6.07, 6.45) is -3.21. The largest absolute Gasteiger partial charge is 0.416 e. The Kier molecular flexibility index (Phi) is 5.50. The Hall–Kier alpha value is -3.51. The lowest BCUT2D eigenvalue weighted by Crippen LogP contribution is -2.27. The van der Waals surface area contributed by atoms with Gasteiger partial charge in [0.1, 0.15) is 17.2 Å². The van der Waals surface area contributed by atoms with E-state index < -0.39 is 41.9 Å². The number of carbonyl (C=O) groups is 1. The number of imidazole rings is 1. The van der Waals surface area contributed by atoms with Crippen molar-refractivity contribution in [2.45, 2.75) is 51.4 Å². The van der Waals surface area contributed by atoms with Crippen LogP contribution < -0.4 is 10.2 Å². The molecule has 1 saturated heterocycles. The summed E-state index contributed by atoms with van der Waals surface area (Å²) in [6, 6.07) is 0.549. The highest BCUT2D eigenvalue weighted by atomic mass is 19.4. The second-order valence-corrected chi connectivity index (χ2v) is 10.1. The number of amides is 1. The van der Waals surface area contributed by atoms with Crippen molar-refractivity contribution >= 4 is 11.7 Å². The van der Waals surface area contributed by atoms with Crippen LogP contribution in [0.4, 0.5) is 27.8 Å². The van der Waals surface area contributed by atoms with E-state index in [0.717, 1.165) is 42.2 Å². The zero-order valence-corrected chi connectivity index (χ0v) is 19.8. The summed E-state index contributed by atoms with van der Waals surface area (Å²) in [5.41, 5.74) is 0.0201. The molecular weight excluding hydrogens is 497 g/mol. The normalized spacial score (nSPS) is 22.5. The Morgan fingerprint density at radius 2 is 2.03 bits per heavy atom. The van der Waals surface area contributed by atoms with E-state index in [-0.39, 0.29) is 17.6 Å². The molecule has 8 nitrogen and oxygen atoms in total. The number of nitrogens with one attached hydrogen (secondary N) is 2. The molecule has 0 radical (unpaired) electrons. The lowest BCUT2D eigenvalue weighted by Gasteiger charge is -2.24. The number of alkyl halides is 5. The lowest BCUT2D eigenvalue weighted by atomic mass is 10.0. The van der Waals surface area contributed by atoms with Gasteiger partial charge in [0, 0.05) is 30.5 Å². The van der Waals surface area contributed by atoms with E-state index in [4.69, 9.17) is 0 Å². The van der Waals surface area contributed by atoms with Gasteiger partial charge in [0.05, 0.1) is 30.2 Å². The summed E-state index contributed by atoms with van der Waals surface area (Å²) >= 11 is 0. The molecule has 3 atom stereocenters. The molecule has 1 saturated carbocycles. The van der Waals surface area contributed by atoms with E-state index in [9.17, 15) is 26.7 Å². The SMILES string of the molecule is Cc1[nH]nc2c1CC[C@H]2NC(=O)c1cn(Cc2c(C(F)(F)F)cc(N3CC4CC4C3)nc2C(F)F)cn1. The smallest absolute Gasteiger partial charge is 0.356 e. The Bertz CT molecular complexity index is 1350. The number of fused-ring (bicyclic) bond motifs is 2. The van der Waals surface area contributed by atoms with Crippen molar-refractivity contribution < 1.29 is 26.7 Å². The Labute approximate surface area is 208 Å². The van der Waals surface area contributed by atoms with Crippen LogP contribution in [0.15, 0.2) is 18.6 Å². The maximum atomic E-state index is 14.0. The second-order valence-electron chi connectivity index (χ2n) is 10.1. The summed E-state index contributed by atoms with van der Waals surface area (Å²) in [5.74, 6) is 0.195. The fraction of sp³-hybridized carbons (Fsp3) is 0.500. The predicted octanol–water partition coefficient (Wildman–Crippen LogP) is 4.19. The zero-order chi connectivity index (χ0) is 26.1. The van der Waals surface area contributed by atoms with E-state index in [0.29, 0.717) is 31.3 Å². The van der Waals surface area contributed by atoms with Crippen molar-refractivity contribution in [3.8, 4) is 0 Å². The summed E-state index contributed by atoms with van der Waals surface area (Å²) in [4.78, 5) is 22.4. The number of hydrogen-bond acceptors (Lipinski definition) is 5. The fourth-order valence-electron chi connectivity index (χ4n) is 5.54. The van der Waals surface area contributed by atoms with Gasteiger partial charge in [-0.15, -0.1) is 0 Å². The quantitative estimate of drug-likeness (QED) is 0.475. The number of carbonyl (C=O) groups excluding carboxylic acids is 1. The van der Waals surface area contributed by atoms with Gasteiger partial charge in [-0.2, -0.15) is 18.3 Å². The van der Waals surface area contributed by atoms with Crippen molar-refractivity contribution in [2.24, 2.45) is 11.8 Å². The van der Waals surface area contributed by atoms with Crippen LogP contribution in [0.25, 0.3) is 0 Å². The average Bonchev–Trinajstić information content (AvgIpc) is 3.29. The Balaban J connectivity index is 1.25. The van der Waals surface area contributed by atoms with E-state index >= 15 is 0 Å². The van der Waals surface area contributed by atoms with Gasteiger partial charge >= 0.3 is 6.18 Å². The summed E-state index contributed by atoms with van der Waals surface area (Å²) < 4.78 is 71.3. The number of rotatable bonds is 6. The van der Waals surface area contributed by atoms with Crippen LogP contribution >= 0.6 is 0 Å². The van der Waals surface area contributed by atoms with Gasteiger partial charge in [-0.1, -0.05) is 0 Å². The van der Waals surface area contributed by atoms with Crippen molar-refractivity contribution in [3.05, 3.63) is 58.1 Å². The van der Waals surface area contributed by atoms with Gasteiger partial charge in [-0.05, 0) is 49.7 Å². The minimum absolute atomic E-state index is 0.0336. The van der Waals surface area contributed by atoms with Gasteiger partial charge in [0.25, 0.3) is 12.3 Å². The van der Waals surface area contributed by atoms with Crippen molar-refractivity contribution in [1.29, 1.82) is 0 Å². The molecule has 37 heavy (non-hydrogen) atoms. The van der Waals surface area contributed by atoms with Gasteiger partial charge in [-0.3, -0.25) is 9.89 Å². The fourth-order valence-corrected chi connectivity index (χ4v) is 5.54. The van der Waals surface area contributed by atoms with Crippen LogP contribution in [0.2, 0.25) is 0 Å². The van der Waals surface area contributed by atoms with Crippen molar-refractivity contribution in [3.63, 3.8) is 0 Å². The lowest BCUT2D eigenvalue weighted by molar-refractivity contribution is -0.138. The number of anilines is 1. The number of H-pyrrole nitrogens is 1. The number of aromatic nitrogens is 5. The highest BCUT2D eigenvalue weighted by molar-refractivity contribution is 5.92. The predicted molar refractivity (Wildman–Crippen MR) is 121 cm³/mol. The molecule has 3 aliphatic rings. The maximum Gasteiger partial charge on any atom is 0.416 e. The first-order chi connectivity index (χ1) is 17.6. The van der Waals surface area contributed by atoms with Crippen LogP contribution in [0.3, 0.4) is 0 Å². The first kappa shape index (κ1) is 23.9. The maximum absolute atomic E-state index is 14.0. The number of halogens is 5. The first-order valence-corrected chi connectivity index (χ1v) is 12.1. The minimum Gasteiger partial charge on any atom is -0.356 e. The van der Waals surface area contributed by atoms with E-state index in [2.05, 4.69) is 25.5 Å². The molecule has 6 rings (SSSR count). The number of aryl methyl sites for hydroxylation is 1. The molecule has 2 fully saturated rings. The molecule has 0 spiro atoms. The molecule has 2 aliphatic carbocycles. The first-order valence-electron chi connectivity index (χ1n) is 12.1. The zero-order valence-electron chi connectivity index (χ0n) is 19.8. The molecule has 1 aliphatic heterocycles. The minimum atomic E-state index is -4.86. The van der Waals surface area contributed by atoms with E-state index in [1.54, 1.807) is 4.90 Å². The number of hydrogen-bond donors (Lipinski definition) is 2. The molecule has 4 heterocycles.